The maximum Gasteiger partial charge on any atom is 0.407 e. The molecule has 2 aliphatic rings. The Hall–Kier alpha value is -3.35. The second kappa shape index (κ2) is 10.1. The smallest absolute Gasteiger partial charge is 0.407 e. The van der Waals surface area contributed by atoms with Gasteiger partial charge in [-0.3, -0.25) is 9.59 Å². The Morgan fingerprint density at radius 1 is 1.03 bits per heavy atom. The van der Waals surface area contributed by atoms with Gasteiger partial charge in [-0.1, -0.05) is 55.0 Å². The number of ether oxygens (including phenoxy) is 1. The summed E-state index contributed by atoms with van der Waals surface area (Å²) in [6.07, 6.45) is 1.89. The molecule has 0 bridgehead atoms. The fourth-order valence-corrected chi connectivity index (χ4v) is 5.09. The number of benzene rings is 2. The lowest BCUT2D eigenvalue weighted by Crippen LogP contribution is -2.39. The van der Waals surface area contributed by atoms with Crippen molar-refractivity contribution in [1.82, 2.24) is 10.6 Å². The van der Waals surface area contributed by atoms with Crippen LogP contribution in [-0.4, -0.2) is 42.3 Å². The summed E-state index contributed by atoms with van der Waals surface area (Å²) in [6.45, 7) is 2.32. The number of carboxylic acids is 1. The first-order valence-electron chi connectivity index (χ1n) is 11.5. The van der Waals surface area contributed by atoms with Crippen molar-refractivity contribution in [3.8, 4) is 11.1 Å². The van der Waals surface area contributed by atoms with Crippen LogP contribution in [-0.2, 0) is 14.3 Å². The fraction of sp³-hybridized carbons (Fsp3) is 0.423. The maximum atomic E-state index is 12.4. The Balaban J connectivity index is 1.24. The minimum absolute atomic E-state index is 0.0182. The minimum atomic E-state index is -0.794. The van der Waals surface area contributed by atoms with Gasteiger partial charge in [0.2, 0.25) is 5.91 Å². The van der Waals surface area contributed by atoms with Gasteiger partial charge in [-0.15, -0.1) is 0 Å². The molecule has 0 unspecified atom stereocenters. The zero-order valence-electron chi connectivity index (χ0n) is 18.8. The molecule has 2 aliphatic carbocycles. The van der Waals surface area contributed by atoms with Crippen molar-refractivity contribution in [2.75, 3.05) is 13.2 Å². The van der Waals surface area contributed by atoms with Gasteiger partial charge in [0.1, 0.15) is 6.61 Å². The first kappa shape index (κ1) is 22.8. The standard InChI is InChI=1S/C26H30N2O5/c1-16(13-24(29)27-14-17-7-6-12-18(17)25(30)31)28-26(32)33-15-23-21-10-4-2-8-19(21)20-9-3-5-11-22(20)23/h2-5,8-11,16-18,23H,6-7,12-15H2,1H3,(H,27,29)(H,28,32)(H,30,31)/t16-,17-,18-/m0/s1. The molecule has 0 heterocycles. The highest BCUT2D eigenvalue weighted by Gasteiger charge is 2.33. The summed E-state index contributed by atoms with van der Waals surface area (Å²) >= 11 is 0. The van der Waals surface area contributed by atoms with E-state index in [9.17, 15) is 19.5 Å². The molecule has 0 saturated heterocycles. The van der Waals surface area contributed by atoms with E-state index in [4.69, 9.17) is 4.74 Å². The highest BCUT2D eigenvalue weighted by molar-refractivity contribution is 5.79. The average molecular weight is 451 g/mol. The van der Waals surface area contributed by atoms with Crippen LogP contribution >= 0.6 is 0 Å². The number of hydrogen-bond acceptors (Lipinski definition) is 4. The third-order valence-electron chi connectivity index (χ3n) is 6.74. The number of rotatable bonds is 8. The van der Waals surface area contributed by atoms with Crippen LogP contribution in [0.15, 0.2) is 48.5 Å². The molecule has 1 fully saturated rings. The lowest BCUT2D eigenvalue weighted by molar-refractivity contribution is -0.143. The summed E-state index contributed by atoms with van der Waals surface area (Å²) in [5, 5.41) is 14.8. The van der Waals surface area contributed by atoms with Crippen LogP contribution in [0.1, 0.15) is 49.7 Å². The Morgan fingerprint density at radius 3 is 2.30 bits per heavy atom. The quantitative estimate of drug-likeness (QED) is 0.565. The molecule has 7 heteroatoms. The van der Waals surface area contributed by atoms with E-state index in [0.29, 0.717) is 13.0 Å². The second-order valence-electron chi connectivity index (χ2n) is 9.01. The molecule has 174 valence electrons. The Kier molecular flexibility index (Phi) is 6.96. The SMILES string of the molecule is C[C@@H](CC(=O)NC[C@@H]1CCC[C@@H]1C(=O)O)NC(=O)OCC1c2ccccc2-c2ccccc21. The molecule has 3 N–H and O–H groups in total. The van der Waals surface area contributed by atoms with Gasteiger partial charge >= 0.3 is 12.1 Å². The Morgan fingerprint density at radius 2 is 1.67 bits per heavy atom. The number of hydrogen-bond donors (Lipinski definition) is 3. The number of alkyl carbamates (subject to hydrolysis) is 1. The van der Waals surface area contributed by atoms with Crippen molar-refractivity contribution in [2.45, 2.75) is 44.6 Å². The number of fused-ring (bicyclic) bond motifs is 3. The van der Waals surface area contributed by atoms with Crippen LogP contribution in [0.3, 0.4) is 0 Å². The fourth-order valence-electron chi connectivity index (χ4n) is 5.09. The van der Waals surface area contributed by atoms with Gasteiger partial charge in [0, 0.05) is 24.9 Å². The molecule has 7 nitrogen and oxygen atoms in total. The summed E-state index contributed by atoms with van der Waals surface area (Å²) < 4.78 is 5.53. The summed E-state index contributed by atoms with van der Waals surface area (Å²) in [4.78, 5) is 35.9. The van der Waals surface area contributed by atoms with Gasteiger partial charge in [-0.25, -0.2) is 4.79 Å². The molecule has 1 saturated carbocycles. The monoisotopic (exact) mass is 450 g/mol. The number of carbonyl (C=O) groups excluding carboxylic acids is 2. The van der Waals surface area contributed by atoms with Gasteiger partial charge in [0.15, 0.2) is 0 Å². The Labute approximate surface area is 193 Å². The predicted octanol–water partition coefficient (Wildman–Crippen LogP) is 3.92. The summed E-state index contributed by atoms with van der Waals surface area (Å²) in [6, 6.07) is 15.9. The molecule has 0 radical (unpaired) electrons. The van der Waals surface area contributed by atoms with Crippen LogP contribution < -0.4 is 10.6 Å². The van der Waals surface area contributed by atoms with Gasteiger partial charge < -0.3 is 20.5 Å². The number of aliphatic carboxylic acids is 1. The summed E-state index contributed by atoms with van der Waals surface area (Å²) in [5.41, 5.74) is 4.62. The highest BCUT2D eigenvalue weighted by atomic mass is 16.5. The third-order valence-corrected chi connectivity index (χ3v) is 6.74. The van der Waals surface area contributed by atoms with Crippen LogP contribution in [0, 0.1) is 11.8 Å². The predicted molar refractivity (Wildman–Crippen MR) is 124 cm³/mol. The van der Waals surface area contributed by atoms with Gasteiger partial charge in [0.25, 0.3) is 0 Å². The molecular formula is C26H30N2O5. The molecule has 4 rings (SSSR count). The van der Waals surface area contributed by atoms with Crippen molar-refractivity contribution < 1.29 is 24.2 Å². The highest BCUT2D eigenvalue weighted by Crippen LogP contribution is 2.44. The van der Waals surface area contributed by atoms with Gasteiger partial charge in [-0.2, -0.15) is 0 Å². The van der Waals surface area contributed by atoms with Crippen LogP contribution in [0.4, 0.5) is 4.79 Å². The van der Waals surface area contributed by atoms with E-state index >= 15 is 0 Å². The van der Waals surface area contributed by atoms with Crippen LogP contribution in [0.25, 0.3) is 11.1 Å². The summed E-state index contributed by atoms with van der Waals surface area (Å²) in [7, 11) is 0. The number of amides is 2. The molecule has 2 aromatic rings. The van der Waals surface area contributed by atoms with Crippen LogP contribution in [0.2, 0.25) is 0 Å². The molecule has 33 heavy (non-hydrogen) atoms. The van der Waals surface area contributed by atoms with Crippen LogP contribution in [0.5, 0.6) is 0 Å². The van der Waals surface area contributed by atoms with Crippen molar-refractivity contribution in [1.29, 1.82) is 0 Å². The molecule has 0 spiro atoms. The van der Waals surface area contributed by atoms with Crippen molar-refractivity contribution in [3.05, 3.63) is 59.7 Å². The zero-order valence-corrected chi connectivity index (χ0v) is 18.8. The number of carboxylic acid groups (broad SMARTS) is 1. The topological polar surface area (TPSA) is 105 Å². The van der Waals surface area contributed by atoms with E-state index in [-0.39, 0.29) is 36.7 Å². The molecule has 2 aromatic carbocycles. The van der Waals surface area contributed by atoms with Gasteiger partial charge in [-0.05, 0) is 47.9 Å². The lowest BCUT2D eigenvalue weighted by Gasteiger charge is -2.19. The van der Waals surface area contributed by atoms with E-state index in [0.717, 1.165) is 24.0 Å². The van der Waals surface area contributed by atoms with Crippen molar-refractivity contribution in [2.24, 2.45) is 11.8 Å². The molecule has 0 aliphatic heterocycles. The van der Waals surface area contributed by atoms with E-state index in [2.05, 4.69) is 34.9 Å². The molecule has 3 atom stereocenters. The first-order chi connectivity index (χ1) is 15.9. The van der Waals surface area contributed by atoms with E-state index in [1.807, 2.05) is 24.3 Å². The number of nitrogens with one attached hydrogen (secondary N) is 2. The normalized spacial score (nSPS) is 19.9. The first-order valence-corrected chi connectivity index (χ1v) is 11.5. The minimum Gasteiger partial charge on any atom is -0.481 e. The van der Waals surface area contributed by atoms with E-state index in [1.54, 1.807) is 6.92 Å². The molecule has 0 aromatic heterocycles. The largest absolute Gasteiger partial charge is 0.481 e. The maximum absolute atomic E-state index is 12.4. The average Bonchev–Trinajstić information content (AvgIpc) is 3.39. The second-order valence-corrected chi connectivity index (χ2v) is 9.01. The third kappa shape index (κ3) is 5.18. The molecular weight excluding hydrogens is 420 g/mol. The molecule has 2 amide bonds. The van der Waals surface area contributed by atoms with Crippen molar-refractivity contribution >= 4 is 18.0 Å². The lowest BCUT2D eigenvalue weighted by atomic mass is 9.96. The number of carbonyl (C=O) groups is 3. The Bertz CT molecular complexity index is 991. The zero-order chi connectivity index (χ0) is 23.4. The van der Waals surface area contributed by atoms with Gasteiger partial charge in [0.05, 0.1) is 5.92 Å². The van der Waals surface area contributed by atoms with Crippen molar-refractivity contribution in [3.63, 3.8) is 0 Å². The van der Waals surface area contributed by atoms with E-state index < -0.39 is 18.1 Å². The van der Waals surface area contributed by atoms with E-state index in [1.165, 1.54) is 11.1 Å². The summed E-state index contributed by atoms with van der Waals surface area (Å²) in [5.74, 6) is -1.44.